The predicted molar refractivity (Wildman–Crippen MR) is 60.8 cm³/mol. The third-order valence-electron chi connectivity index (χ3n) is 2.70. The lowest BCUT2D eigenvalue weighted by molar-refractivity contribution is 0.393. The lowest BCUT2D eigenvalue weighted by atomic mass is 9.97. The van der Waals surface area contributed by atoms with Gasteiger partial charge in [-0.05, 0) is 31.4 Å². The van der Waals surface area contributed by atoms with Crippen LogP contribution < -0.4 is 0 Å². The fraction of sp³-hybridized carbons (Fsp3) is 0.308. The number of rotatable bonds is 2. The zero-order valence-electron chi connectivity index (χ0n) is 9.37. The molecule has 2 aromatic rings. The summed E-state index contributed by atoms with van der Waals surface area (Å²) in [5, 5.41) is 3.99. The van der Waals surface area contributed by atoms with Gasteiger partial charge in [0.2, 0.25) is 0 Å². The molecule has 0 aliphatic rings. The molecule has 15 heavy (non-hydrogen) atoms. The van der Waals surface area contributed by atoms with Gasteiger partial charge in [-0.3, -0.25) is 0 Å². The van der Waals surface area contributed by atoms with Crippen LogP contribution in [0.4, 0.5) is 0 Å². The highest BCUT2D eigenvalue weighted by Gasteiger charge is 2.13. The maximum absolute atomic E-state index is 5.20. The molecule has 1 aromatic heterocycles. The maximum atomic E-state index is 5.20. The molecule has 0 aliphatic heterocycles. The molecule has 0 atom stereocenters. The number of nitrogens with zero attached hydrogens (tertiary/aromatic N) is 1. The second-order valence-electron chi connectivity index (χ2n) is 3.71. The Bertz CT molecular complexity index is 452. The largest absolute Gasteiger partial charge is 0.361 e. The van der Waals surface area contributed by atoms with Gasteiger partial charge < -0.3 is 4.52 Å². The Kier molecular flexibility index (Phi) is 2.58. The zero-order chi connectivity index (χ0) is 10.8. The lowest BCUT2D eigenvalue weighted by Gasteiger charge is -2.06. The fourth-order valence-corrected chi connectivity index (χ4v) is 1.94. The molecule has 0 unspecified atom stereocenters. The summed E-state index contributed by atoms with van der Waals surface area (Å²) in [4.78, 5) is 0. The molecule has 2 rings (SSSR count). The van der Waals surface area contributed by atoms with E-state index in [1.807, 2.05) is 13.8 Å². The zero-order valence-corrected chi connectivity index (χ0v) is 9.37. The standard InChI is InChI=1S/C13H15NO/c1-4-11-7-5-6-8-12(11)13-9(2)14-15-10(13)3/h5-8H,4H2,1-3H3. The molecule has 1 heterocycles. The highest BCUT2D eigenvalue weighted by atomic mass is 16.5. The summed E-state index contributed by atoms with van der Waals surface area (Å²) in [7, 11) is 0. The first kappa shape index (κ1) is 9.97. The van der Waals surface area contributed by atoms with Gasteiger partial charge in [-0.25, -0.2) is 0 Å². The van der Waals surface area contributed by atoms with Crippen molar-refractivity contribution in [2.45, 2.75) is 27.2 Å². The van der Waals surface area contributed by atoms with Crippen LogP contribution in [0.5, 0.6) is 0 Å². The van der Waals surface area contributed by atoms with E-state index in [4.69, 9.17) is 4.52 Å². The normalized spacial score (nSPS) is 10.6. The Hall–Kier alpha value is -1.57. The van der Waals surface area contributed by atoms with E-state index >= 15 is 0 Å². The minimum absolute atomic E-state index is 0.897. The predicted octanol–water partition coefficient (Wildman–Crippen LogP) is 3.52. The molecule has 0 spiro atoms. The number of hydrogen-bond donors (Lipinski definition) is 0. The molecule has 0 saturated carbocycles. The first-order valence-electron chi connectivity index (χ1n) is 5.25. The van der Waals surface area contributed by atoms with Crippen LogP contribution in [0.25, 0.3) is 11.1 Å². The third kappa shape index (κ3) is 1.67. The van der Waals surface area contributed by atoms with Crippen molar-refractivity contribution >= 4 is 0 Å². The molecule has 0 radical (unpaired) electrons. The Morgan fingerprint density at radius 2 is 1.93 bits per heavy atom. The molecule has 0 saturated heterocycles. The number of aryl methyl sites for hydroxylation is 3. The molecule has 0 fully saturated rings. The van der Waals surface area contributed by atoms with Gasteiger partial charge in [-0.2, -0.15) is 0 Å². The number of aromatic nitrogens is 1. The van der Waals surface area contributed by atoms with Crippen LogP contribution in [-0.4, -0.2) is 5.16 Å². The first-order valence-corrected chi connectivity index (χ1v) is 5.25. The summed E-state index contributed by atoms with van der Waals surface area (Å²) in [5.41, 5.74) is 4.70. The maximum Gasteiger partial charge on any atom is 0.141 e. The molecular formula is C13H15NO. The minimum Gasteiger partial charge on any atom is -0.361 e. The highest BCUT2D eigenvalue weighted by molar-refractivity contribution is 5.70. The van der Waals surface area contributed by atoms with E-state index < -0.39 is 0 Å². The summed E-state index contributed by atoms with van der Waals surface area (Å²) < 4.78 is 5.20. The SMILES string of the molecule is CCc1ccccc1-c1c(C)noc1C. The van der Waals surface area contributed by atoms with Gasteiger partial charge in [0.05, 0.1) is 5.69 Å². The molecule has 0 amide bonds. The van der Waals surface area contributed by atoms with Gasteiger partial charge in [0.1, 0.15) is 5.76 Å². The van der Waals surface area contributed by atoms with E-state index in [-0.39, 0.29) is 0 Å². The van der Waals surface area contributed by atoms with Crippen LogP contribution in [0, 0.1) is 13.8 Å². The van der Waals surface area contributed by atoms with Crippen molar-refractivity contribution in [3.8, 4) is 11.1 Å². The van der Waals surface area contributed by atoms with Crippen LogP contribution in [-0.2, 0) is 6.42 Å². The molecule has 0 N–H and O–H groups in total. The van der Waals surface area contributed by atoms with Crippen molar-refractivity contribution in [2.24, 2.45) is 0 Å². The number of benzene rings is 1. The second-order valence-corrected chi connectivity index (χ2v) is 3.71. The monoisotopic (exact) mass is 201 g/mol. The lowest BCUT2D eigenvalue weighted by Crippen LogP contribution is -1.89. The van der Waals surface area contributed by atoms with Crippen LogP contribution >= 0.6 is 0 Å². The van der Waals surface area contributed by atoms with E-state index in [1.165, 1.54) is 11.1 Å². The van der Waals surface area contributed by atoms with Gasteiger partial charge in [0, 0.05) is 5.56 Å². The van der Waals surface area contributed by atoms with E-state index in [0.29, 0.717) is 0 Å². The van der Waals surface area contributed by atoms with Crippen LogP contribution in [0.1, 0.15) is 23.9 Å². The third-order valence-corrected chi connectivity index (χ3v) is 2.70. The number of hydrogen-bond acceptors (Lipinski definition) is 2. The van der Waals surface area contributed by atoms with E-state index in [9.17, 15) is 0 Å². The van der Waals surface area contributed by atoms with Gasteiger partial charge in [-0.1, -0.05) is 36.3 Å². The summed E-state index contributed by atoms with van der Waals surface area (Å²) in [6, 6.07) is 8.41. The molecule has 78 valence electrons. The van der Waals surface area contributed by atoms with Crippen molar-refractivity contribution in [1.82, 2.24) is 5.16 Å². The van der Waals surface area contributed by atoms with Gasteiger partial charge in [-0.15, -0.1) is 0 Å². The fourth-order valence-electron chi connectivity index (χ4n) is 1.94. The van der Waals surface area contributed by atoms with Gasteiger partial charge >= 0.3 is 0 Å². The summed E-state index contributed by atoms with van der Waals surface area (Å²) in [6.07, 6.45) is 1.03. The van der Waals surface area contributed by atoms with Crippen LogP contribution in [0.2, 0.25) is 0 Å². The molecular weight excluding hydrogens is 186 g/mol. The highest BCUT2D eigenvalue weighted by Crippen LogP contribution is 2.29. The molecule has 1 aromatic carbocycles. The summed E-state index contributed by atoms with van der Waals surface area (Å²) in [5.74, 6) is 0.897. The van der Waals surface area contributed by atoms with Gasteiger partial charge in [0.15, 0.2) is 0 Å². The van der Waals surface area contributed by atoms with Crippen LogP contribution in [0.15, 0.2) is 28.8 Å². The quantitative estimate of drug-likeness (QED) is 0.743. The summed E-state index contributed by atoms with van der Waals surface area (Å²) >= 11 is 0. The average molecular weight is 201 g/mol. The topological polar surface area (TPSA) is 26.0 Å². The Morgan fingerprint density at radius 3 is 2.53 bits per heavy atom. The van der Waals surface area contributed by atoms with Crippen molar-refractivity contribution < 1.29 is 4.52 Å². The molecule has 2 heteroatoms. The van der Waals surface area contributed by atoms with Crippen molar-refractivity contribution in [3.05, 3.63) is 41.3 Å². The Morgan fingerprint density at radius 1 is 1.20 bits per heavy atom. The smallest absolute Gasteiger partial charge is 0.141 e. The van der Waals surface area contributed by atoms with Crippen molar-refractivity contribution in [3.63, 3.8) is 0 Å². The Labute approximate surface area is 89.9 Å². The first-order chi connectivity index (χ1) is 7.24. The minimum atomic E-state index is 0.897. The van der Waals surface area contributed by atoms with Crippen molar-refractivity contribution in [1.29, 1.82) is 0 Å². The summed E-state index contributed by atoms with van der Waals surface area (Å²) in [6.45, 7) is 6.11. The van der Waals surface area contributed by atoms with E-state index in [1.54, 1.807) is 0 Å². The van der Waals surface area contributed by atoms with E-state index in [0.717, 1.165) is 23.4 Å². The van der Waals surface area contributed by atoms with Crippen LogP contribution in [0.3, 0.4) is 0 Å². The average Bonchev–Trinajstić information content (AvgIpc) is 2.59. The van der Waals surface area contributed by atoms with Crippen molar-refractivity contribution in [2.75, 3.05) is 0 Å². The molecule has 0 bridgehead atoms. The van der Waals surface area contributed by atoms with Gasteiger partial charge in [0.25, 0.3) is 0 Å². The van der Waals surface area contributed by atoms with E-state index in [2.05, 4.69) is 36.3 Å². The molecule has 0 aliphatic carbocycles. The Balaban J connectivity index is 2.63. The molecule has 2 nitrogen and oxygen atoms in total. The second kappa shape index (κ2) is 3.89.